The van der Waals surface area contributed by atoms with Gasteiger partial charge in [-0.25, -0.2) is 19.2 Å². The Kier molecular flexibility index (Phi) is 10.9. The standard InChI is InChI=1S/C45H33NO9/c47-29-46-24-23-35-27-40(54-44(50)33-17-9-3-10-18-33)41(55-45(51)34-19-11-4-12-20-34)28-36(35)37(46)25-30-21-22-38(52-42(48)31-13-5-1-6-14-31)39(26-30)53-43(49)32-15-7-2-8-16-32/h1-22,26-29,37H,23-25H2. The zero-order valence-electron chi connectivity index (χ0n) is 29.3. The van der Waals surface area contributed by atoms with E-state index in [1.807, 2.05) is 0 Å². The third-order valence-electron chi connectivity index (χ3n) is 9.03. The molecule has 0 aromatic heterocycles. The van der Waals surface area contributed by atoms with E-state index in [0.717, 1.165) is 12.0 Å². The fraction of sp³-hybridized carbons (Fsp3) is 0.0889. The molecule has 0 saturated heterocycles. The molecular formula is C45H33NO9. The normalized spacial score (nSPS) is 13.2. The Morgan fingerprint density at radius 2 is 0.909 bits per heavy atom. The van der Waals surface area contributed by atoms with Gasteiger partial charge in [-0.3, -0.25) is 4.79 Å². The molecule has 1 atom stereocenters. The maximum Gasteiger partial charge on any atom is 0.343 e. The molecule has 0 radical (unpaired) electrons. The SMILES string of the molecule is O=CN1CCc2cc(OC(=O)c3ccccc3)c(OC(=O)c3ccccc3)cc2C1Cc1ccc(OC(=O)c2ccccc2)c(OC(=O)c2ccccc2)c1. The molecule has 0 aliphatic carbocycles. The Balaban J connectivity index is 1.24. The highest BCUT2D eigenvalue weighted by molar-refractivity contribution is 5.94. The number of carbonyl (C=O) groups excluding carboxylic acids is 5. The first-order valence-corrected chi connectivity index (χ1v) is 17.5. The van der Waals surface area contributed by atoms with Gasteiger partial charge in [0.2, 0.25) is 6.41 Å². The molecule has 6 aromatic rings. The van der Waals surface area contributed by atoms with Crippen LogP contribution < -0.4 is 18.9 Å². The molecule has 7 rings (SSSR count). The van der Waals surface area contributed by atoms with Gasteiger partial charge >= 0.3 is 23.9 Å². The smallest absolute Gasteiger partial charge is 0.343 e. The fourth-order valence-electron chi connectivity index (χ4n) is 6.24. The van der Waals surface area contributed by atoms with E-state index in [1.165, 1.54) is 6.07 Å². The van der Waals surface area contributed by atoms with Crippen molar-refractivity contribution >= 4 is 30.3 Å². The van der Waals surface area contributed by atoms with Gasteiger partial charge in [0.05, 0.1) is 28.3 Å². The molecule has 55 heavy (non-hydrogen) atoms. The highest BCUT2D eigenvalue weighted by Gasteiger charge is 2.31. The maximum atomic E-state index is 13.3. The van der Waals surface area contributed by atoms with Crippen molar-refractivity contribution in [2.24, 2.45) is 0 Å². The molecule has 10 nitrogen and oxygen atoms in total. The first-order valence-electron chi connectivity index (χ1n) is 17.5. The first kappa shape index (κ1) is 36.0. The van der Waals surface area contributed by atoms with E-state index in [-0.39, 0.29) is 35.0 Å². The lowest BCUT2D eigenvalue weighted by atomic mass is 9.88. The number of hydrogen-bond donors (Lipinski definition) is 0. The summed E-state index contributed by atoms with van der Waals surface area (Å²) in [6.45, 7) is 0.346. The molecule has 1 aliphatic rings. The Labute approximate surface area is 316 Å². The Bertz CT molecular complexity index is 2350. The predicted molar refractivity (Wildman–Crippen MR) is 201 cm³/mol. The average Bonchev–Trinajstić information content (AvgIpc) is 3.23. The van der Waals surface area contributed by atoms with E-state index < -0.39 is 29.9 Å². The summed E-state index contributed by atoms with van der Waals surface area (Å²) >= 11 is 0. The minimum absolute atomic E-state index is 0.00437. The number of amides is 1. The van der Waals surface area contributed by atoms with Gasteiger partial charge in [-0.2, -0.15) is 0 Å². The van der Waals surface area contributed by atoms with E-state index in [1.54, 1.807) is 150 Å². The molecule has 1 aliphatic heterocycles. The van der Waals surface area contributed by atoms with Crippen molar-refractivity contribution in [1.29, 1.82) is 0 Å². The molecule has 1 unspecified atom stereocenters. The molecule has 0 saturated carbocycles. The summed E-state index contributed by atoms with van der Waals surface area (Å²) in [6.07, 6.45) is 1.41. The number of fused-ring (bicyclic) bond motifs is 1. The zero-order chi connectivity index (χ0) is 38.1. The third-order valence-corrected chi connectivity index (χ3v) is 9.03. The van der Waals surface area contributed by atoms with Crippen molar-refractivity contribution in [1.82, 2.24) is 4.90 Å². The summed E-state index contributed by atoms with van der Waals surface area (Å²) in [7, 11) is 0. The second-order valence-corrected chi connectivity index (χ2v) is 12.6. The maximum absolute atomic E-state index is 13.3. The van der Waals surface area contributed by atoms with Gasteiger partial charge in [-0.15, -0.1) is 0 Å². The summed E-state index contributed by atoms with van der Waals surface area (Å²) in [5, 5.41) is 0. The first-order chi connectivity index (χ1) is 26.9. The number of esters is 4. The van der Waals surface area contributed by atoms with Crippen LogP contribution in [0.4, 0.5) is 0 Å². The predicted octanol–water partition coefficient (Wildman–Crippen LogP) is 7.86. The summed E-state index contributed by atoms with van der Waals surface area (Å²) in [6, 6.07) is 41.2. The van der Waals surface area contributed by atoms with Crippen molar-refractivity contribution in [3.63, 3.8) is 0 Å². The van der Waals surface area contributed by atoms with Crippen LogP contribution in [-0.4, -0.2) is 41.7 Å². The minimum atomic E-state index is -0.664. The van der Waals surface area contributed by atoms with Crippen LogP contribution in [0.5, 0.6) is 23.0 Å². The summed E-state index contributed by atoms with van der Waals surface area (Å²) in [5.74, 6) is -2.52. The number of benzene rings is 6. The fourth-order valence-corrected chi connectivity index (χ4v) is 6.24. The Morgan fingerprint density at radius 3 is 1.35 bits per heavy atom. The van der Waals surface area contributed by atoms with Gasteiger partial charge in [0.15, 0.2) is 23.0 Å². The lowest BCUT2D eigenvalue weighted by Crippen LogP contribution is -2.35. The number of carbonyl (C=O) groups is 5. The van der Waals surface area contributed by atoms with Gasteiger partial charge in [-0.1, -0.05) is 78.9 Å². The molecule has 0 N–H and O–H groups in total. The highest BCUT2D eigenvalue weighted by Crippen LogP contribution is 2.41. The summed E-state index contributed by atoms with van der Waals surface area (Å²) < 4.78 is 23.2. The monoisotopic (exact) mass is 731 g/mol. The number of ether oxygens (including phenoxy) is 4. The van der Waals surface area contributed by atoms with E-state index in [9.17, 15) is 24.0 Å². The van der Waals surface area contributed by atoms with E-state index in [2.05, 4.69) is 0 Å². The largest absolute Gasteiger partial charge is 0.419 e. The molecular weight excluding hydrogens is 698 g/mol. The van der Waals surface area contributed by atoms with Gasteiger partial charge in [0, 0.05) is 6.54 Å². The molecule has 1 amide bonds. The minimum Gasteiger partial charge on any atom is -0.419 e. The highest BCUT2D eigenvalue weighted by atomic mass is 16.6. The lowest BCUT2D eigenvalue weighted by Gasteiger charge is -2.35. The van der Waals surface area contributed by atoms with E-state index >= 15 is 0 Å². The molecule has 10 heteroatoms. The summed E-state index contributed by atoms with van der Waals surface area (Å²) in [4.78, 5) is 66.9. The number of rotatable bonds is 11. The lowest BCUT2D eigenvalue weighted by molar-refractivity contribution is -0.120. The second kappa shape index (κ2) is 16.6. The van der Waals surface area contributed by atoms with E-state index in [0.29, 0.717) is 40.8 Å². The second-order valence-electron chi connectivity index (χ2n) is 12.6. The van der Waals surface area contributed by atoms with E-state index in [4.69, 9.17) is 18.9 Å². The van der Waals surface area contributed by atoms with Crippen LogP contribution in [0.25, 0.3) is 0 Å². The van der Waals surface area contributed by atoms with Crippen molar-refractivity contribution in [2.45, 2.75) is 18.9 Å². The molecule has 0 fully saturated rings. The topological polar surface area (TPSA) is 126 Å². The van der Waals surface area contributed by atoms with Crippen LogP contribution in [0.2, 0.25) is 0 Å². The van der Waals surface area contributed by atoms with Crippen molar-refractivity contribution in [2.75, 3.05) is 6.54 Å². The van der Waals surface area contributed by atoms with Crippen LogP contribution in [-0.2, 0) is 17.6 Å². The van der Waals surface area contributed by atoms with Crippen molar-refractivity contribution in [3.8, 4) is 23.0 Å². The van der Waals surface area contributed by atoms with Crippen LogP contribution in [0.15, 0.2) is 152 Å². The van der Waals surface area contributed by atoms with Gasteiger partial charge in [0.1, 0.15) is 0 Å². The molecule has 0 bridgehead atoms. The van der Waals surface area contributed by atoms with Crippen LogP contribution >= 0.6 is 0 Å². The van der Waals surface area contributed by atoms with Crippen molar-refractivity contribution < 1.29 is 42.9 Å². The average molecular weight is 732 g/mol. The molecule has 272 valence electrons. The van der Waals surface area contributed by atoms with Gasteiger partial charge in [-0.05, 0) is 102 Å². The number of nitrogens with zero attached hydrogens (tertiary/aromatic N) is 1. The van der Waals surface area contributed by atoms with Crippen molar-refractivity contribution in [3.05, 3.63) is 191 Å². The third kappa shape index (κ3) is 8.50. The van der Waals surface area contributed by atoms with Gasteiger partial charge < -0.3 is 23.8 Å². The molecule has 0 spiro atoms. The quantitative estimate of drug-likeness (QED) is 0.0744. The molecule has 6 aromatic carbocycles. The summed E-state index contributed by atoms with van der Waals surface area (Å²) in [5.41, 5.74) is 3.29. The molecule has 1 heterocycles. The van der Waals surface area contributed by atoms with Crippen LogP contribution in [0, 0.1) is 0 Å². The Morgan fingerprint density at radius 1 is 0.509 bits per heavy atom. The van der Waals surface area contributed by atoms with Crippen LogP contribution in [0.3, 0.4) is 0 Å². The zero-order valence-corrected chi connectivity index (χ0v) is 29.3. The Hall–Kier alpha value is -7.33. The number of hydrogen-bond acceptors (Lipinski definition) is 9. The van der Waals surface area contributed by atoms with Gasteiger partial charge in [0.25, 0.3) is 0 Å². The van der Waals surface area contributed by atoms with Crippen LogP contribution in [0.1, 0.15) is 64.2 Å².